The summed E-state index contributed by atoms with van der Waals surface area (Å²) in [6, 6.07) is 12.3. The maximum atomic E-state index is 12.4. The number of rotatable bonds is 6. The van der Waals surface area contributed by atoms with Crippen LogP contribution in [0.4, 0.5) is 4.79 Å². The van der Waals surface area contributed by atoms with Crippen molar-refractivity contribution in [1.29, 1.82) is 0 Å². The van der Waals surface area contributed by atoms with E-state index in [-0.39, 0.29) is 12.1 Å². The van der Waals surface area contributed by atoms with Gasteiger partial charge in [0.05, 0.1) is 6.04 Å². The van der Waals surface area contributed by atoms with Crippen LogP contribution in [-0.2, 0) is 6.42 Å². The molecule has 4 nitrogen and oxygen atoms in total. The molecule has 2 aromatic rings. The number of benzene rings is 1. The first-order valence-electron chi connectivity index (χ1n) is 8.08. The molecule has 122 valence electrons. The van der Waals surface area contributed by atoms with E-state index in [0.29, 0.717) is 6.54 Å². The second kappa shape index (κ2) is 8.32. The van der Waals surface area contributed by atoms with Crippen LogP contribution in [0.2, 0.25) is 0 Å². The van der Waals surface area contributed by atoms with Crippen molar-refractivity contribution in [3.8, 4) is 0 Å². The fraction of sp³-hybridized carbons (Fsp3) is 0.368. The fourth-order valence-corrected chi connectivity index (χ4v) is 2.77. The number of hydrogen-bond donors (Lipinski definition) is 1. The maximum absolute atomic E-state index is 12.4. The topological polar surface area (TPSA) is 45.2 Å². The largest absolute Gasteiger partial charge is 0.338 e. The Morgan fingerprint density at radius 3 is 2.65 bits per heavy atom. The van der Waals surface area contributed by atoms with E-state index in [9.17, 15) is 4.79 Å². The van der Waals surface area contributed by atoms with Gasteiger partial charge in [-0.05, 0) is 43.0 Å². The van der Waals surface area contributed by atoms with Crippen molar-refractivity contribution in [3.05, 3.63) is 65.5 Å². The SMILES string of the molecule is CC[C@@H](c1ccncc1)N(C)C(=O)NCCc1cccc(C)c1. The number of carbonyl (C=O) groups excluding carboxylic acids is 1. The van der Waals surface area contributed by atoms with Crippen molar-refractivity contribution >= 4 is 6.03 Å². The molecule has 1 aromatic carbocycles. The average Bonchev–Trinajstić information content (AvgIpc) is 2.56. The van der Waals surface area contributed by atoms with E-state index in [1.807, 2.05) is 19.2 Å². The van der Waals surface area contributed by atoms with Crippen LogP contribution in [0.15, 0.2) is 48.8 Å². The minimum atomic E-state index is -0.0404. The summed E-state index contributed by atoms with van der Waals surface area (Å²) in [5.74, 6) is 0. The highest BCUT2D eigenvalue weighted by atomic mass is 16.2. The number of carbonyl (C=O) groups is 1. The standard InChI is InChI=1S/C19H25N3O/c1-4-18(17-9-11-20-12-10-17)22(3)19(23)21-13-8-16-7-5-6-15(2)14-16/h5-7,9-12,14,18H,4,8,13H2,1-3H3,(H,21,23)/t18-/m0/s1. The Morgan fingerprint density at radius 2 is 2.00 bits per heavy atom. The summed E-state index contributed by atoms with van der Waals surface area (Å²) < 4.78 is 0. The third-order valence-corrected chi connectivity index (χ3v) is 4.04. The van der Waals surface area contributed by atoms with E-state index >= 15 is 0 Å². The van der Waals surface area contributed by atoms with E-state index in [0.717, 1.165) is 18.4 Å². The third kappa shape index (κ3) is 4.81. The van der Waals surface area contributed by atoms with Crippen molar-refractivity contribution in [2.75, 3.05) is 13.6 Å². The Bertz CT molecular complexity index is 628. The molecule has 0 bridgehead atoms. The molecule has 4 heteroatoms. The van der Waals surface area contributed by atoms with Gasteiger partial charge in [0.15, 0.2) is 0 Å². The number of urea groups is 1. The van der Waals surface area contributed by atoms with Crippen molar-refractivity contribution < 1.29 is 4.79 Å². The molecule has 0 aliphatic heterocycles. The van der Waals surface area contributed by atoms with Crippen LogP contribution >= 0.6 is 0 Å². The van der Waals surface area contributed by atoms with Gasteiger partial charge in [0, 0.05) is 26.0 Å². The summed E-state index contributed by atoms with van der Waals surface area (Å²) in [6.45, 7) is 4.80. The highest BCUT2D eigenvalue weighted by Crippen LogP contribution is 2.21. The lowest BCUT2D eigenvalue weighted by molar-refractivity contribution is 0.189. The minimum absolute atomic E-state index is 0.0404. The van der Waals surface area contributed by atoms with E-state index < -0.39 is 0 Å². The normalized spacial score (nSPS) is 11.8. The first-order chi connectivity index (χ1) is 11.1. The number of nitrogens with zero attached hydrogens (tertiary/aromatic N) is 2. The van der Waals surface area contributed by atoms with Gasteiger partial charge in [-0.2, -0.15) is 0 Å². The van der Waals surface area contributed by atoms with Gasteiger partial charge < -0.3 is 10.2 Å². The Kier molecular flexibility index (Phi) is 6.15. The van der Waals surface area contributed by atoms with Gasteiger partial charge >= 0.3 is 6.03 Å². The van der Waals surface area contributed by atoms with Crippen LogP contribution in [0.5, 0.6) is 0 Å². The van der Waals surface area contributed by atoms with Gasteiger partial charge in [-0.1, -0.05) is 36.8 Å². The van der Waals surface area contributed by atoms with Crippen molar-refractivity contribution in [3.63, 3.8) is 0 Å². The number of hydrogen-bond acceptors (Lipinski definition) is 2. The lowest BCUT2D eigenvalue weighted by Crippen LogP contribution is -2.40. The molecular weight excluding hydrogens is 286 g/mol. The Morgan fingerprint density at radius 1 is 1.26 bits per heavy atom. The number of aryl methyl sites for hydroxylation is 1. The van der Waals surface area contributed by atoms with Gasteiger partial charge in [-0.25, -0.2) is 4.79 Å². The molecule has 2 amide bonds. The summed E-state index contributed by atoms with van der Waals surface area (Å²) in [5, 5.41) is 3.01. The van der Waals surface area contributed by atoms with Gasteiger partial charge in [0.1, 0.15) is 0 Å². The second-order valence-electron chi connectivity index (χ2n) is 5.79. The molecule has 2 rings (SSSR count). The molecule has 1 heterocycles. The zero-order chi connectivity index (χ0) is 16.7. The molecule has 0 aliphatic carbocycles. The summed E-state index contributed by atoms with van der Waals surface area (Å²) >= 11 is 0. The molecule has 0 saturated carbocycles. The van der Waals surface area contributed by atoms with Crippen LogP contribution in [0.3, 0.4) is 0 Å². The van der Waals surface area contributed by atoms with E-state index in [1.165, 1.54) is 11.1 Å². The molecule has 1 N–H and O–H groups in total. The monoisotopic (exact) mass is 311 g/mol. The minimum Gasteiger partial charge on any atom is -0.338 e. The predicted molar refractivity (Wildman–Crippen MR) is 93.3 cm³/mol. The predicted octanol–water partition coefficient (Wildman–Crippen LogP) is 3.73. The maximum Gasteiger partial charge on any atom is 0.317 e. The molecule has 0 saturated heterocycles. The second-order valence-corrected chi connectivity index (χ2v) is 5.79. The van der Waals surface area contributed by atoms with Gasteiger partial charge in [-0.15, -0.1) is 0 Å². The molecule has 1 atom stereocenters. The van der Waals surface area contributed by atoms with Crippen LogP contribution < -0.4 is 5.32 Å². The summed E-state index contributed by atoms with van der Waals surface area (Å²) in [4.78, 5) is 18.2. The summed E-state index contributed by atoms with van der Waals surface area (Å²) in [7, 11) is 1.84. The Balaban J connectivity index is 1.89. The zero-order valence-electron chi connectivity index (χ0n) is 14.1. The molecule has 0 unspecified atom stereocenters. The summed E-state index contributed by atoms with van der Waals surface area (Å²) in [5.41, 5.74) is 3.60. The Hall–Kier alpha value is -2.36. The van der Waals surface area contributed by atoms with Crippen molar-refractivity contribution in [2.45, 2.75) is 32.7 Å². The lowest BCUT2D eigenvalue weighted by Gasteiger charge is -2.27. The van der Waals surface area contributed by atoms with E-state index in [2.05, 4.69) is 48.4 Å². The number of pyridine rings is 1. The van der Waals surface area contributed by atoms with Crippen LogP contribution in [0, 0.1) is 6.92 Å². The van der Waals surface area contributed by atoms with Crippen molar-refractivity contribution in [2.24, 2.45) is 0 Å². The lowest BCUT2D eigenvalue weighted by atomic mass is 10.1. The van der Waals surface area contributed by atoms with Crippen molar-refractivity contribution in [1.82, 2.24) is 15.2 Å². The van der Waals surface area contributed by atoms with Crippen LogP contribution in [0.1, 0.15) is 36.1 Å². The molecular formula is C19H25N3O. The summed E-state index contributed by atoms with van der Waals surface area (Å²) in [6.07, 6.45) is 5.24. The molecule has 0 aliphatic rings. The Labute approximate surface area is 138 Å². The van der Waals surface area contributed by atoms with E-state index in [1.54, 1.807) is 17.3 Å². The zero-order valence-corrected chi connectivity index (χ0v) is 14.1. The highest BCUT2D eigenvalue weighted by Gasteiger charge is 2.19. The number of nitrogens with one attached hydrogen (secondary N) is 1. The number of amides is 2. The smallest absolute Gasteiger partial charge is 0.317 e. The quantitative estimate of drug-likeness (QED) is 0.883. The van der Waals surface area contributed by atoms with Crippen LogP contribution in [-0.4, -0.2) is 29.5 Å². The molecule has 0 fully saturated rings. The molecule has 23 heavy (non-hydrogen) atoms. The fourth-order valence-electron chi connectivity index (χ4n) is 2.77. The molecule has 1 aromatic heterocycles. The first-order valence-corrected chi connectivity index (χ1v) is 8.08. The molecule has 0 radical (unpaired) electrons. The molecule has 0 spiro atoms. The third-order valence-electron chi connectivity index (χ3n) is 4.04. The van der Waals surface area contributed by atoms with Gasteiger partial charge in [0.25, 0.3) is 0 Å². The van der Waals surface area contributed by atoms with Gasteiger partial charge in [0.2, 0.25) is 0 Å². The first kappa shape index (κ1) is 17.0. The average molecular weight is 311 g/mol. The van der Waals surface area contributed by atoms with E-state index in [4.69, 9.17) is 0 Å². The van der Waals surface area contributed by atoms with Crippen LogP contribution in [0.25, 0.3) is 0 Å². The van der Waals surface area contributed by atoms with Gasteiger partial charge in [-0.3, -0.25) is 4.98 Å². The highest BCUT2D eigenvalue weighted by molar-refractivity contribution is 5.74. The number of aromatic nitrogens is 1.